The second kappa shape index (κ2) is 6.45. The molecular formula is C17H21N3O3S3. The van der Waals surface area contributed by atoms with Crippen molar-refractivity contribution in [2.24, 2.45) is 0 Å². The second-order valence-electron chi connectivity index (χ2n) is 7.35. The Morgan fingerprint density at radius 3 is 2.88 bits per heavy atom. The van der Waals surface area contributed by atoms with Crippen LogP contribution in [0.2, 0.25) is 0 Å². The summed E-state index contributed by atoms with van der Waals surface area (Å²) in [4.78, 5) is 24.0. The number of carbonyl (C=O) groups excluding carboxylic acids is 1. The van der Waals surface area contributed by atoms with E-state index in [0.29, 0.717) is 12.2 Å². The van der Waals surface area contributed by atoms with Gasteiger partial charge in [-0.2, -0.15) is 0 Å². The summed E-state index contributed by atoms with van der Waals surface area (Å²) in [5.74, 6) is 0.959. The molecule has 0 unspecified atom stereocenters. The topological polar surface area (TPSA) is 89.0 Å². The average Bonchev–Trinajstić information content (AvgIpc) is 3.17. The van der Waals surface area contributed by atoms with Gasteiger partial charge >= 0.3 is 0 Å². The lowest BCUT2D eigenvalue weighted by Crippen LogP contribution is -2.47. The molecule has 140 valence electrons. The minimum Gasteiger partial charge on any atom is -0.349 e. The number of sulfone groups is 1. The molecule has 0 radical (unpaired) electrons. The summed E-state index contributed by atoms with van der Waals surface area (Å²) in [6.07, 6.45) is 3.80. The third kappa shape index (κ3) is 3.48. The van der Waals surface area contributed by atoms with E-state index in [2.05, 4.69) is 15.3 Å². The number of hydrogen-bond acceptors (Lipinski definition) is 7. The smallest absolute Gasteiger partial charge is 0.230 e. The van der Waals surface area contributed by atoms with Crippen LogP contribution >= 0.6 is 23.1 Å². The Hall–Kier alpha value is -1.19. The summed E-state index contributed by atoms with van der Waals surface area (Å²) < 4.78 is 23.4. The van der Waals surface area contributed by atoms with Gasteiger partial charge in [-0.25, -0.2) is 18.4 Å². The number of aromatic nitrogens is 2. The van der Waals surface area contributed by atoms with Crippen molar-refractivity contribution in [3.05, 3.63) is 16.3 Å². The maximum absolute atomic E-state index is 12.4. The molecular weight excluding hydrogens is 390 g/mol. The fourth-order valence-electron chi connectivity index (χ4n) is 3.78. The van der Waals surface area contributed by atoms with E-state index in [1.807, 2.05) is 6.92 Å². The fourth-order valence-corrected chi connectivity index (χ4v) is 8.15. The second-order valence-corrected chi connectivity index (χ2v) is 11.6. The minimum absolute atomic E-state index is 0.0192. The number of aryl methyl sites for hydroxylation is 3. The molecule has 1 atom stereocenters. The van der Waals surface area contributed by atoms with Crippen molar-refractivity contribution in [1.29, 1.82) is 0 Å². The fraction of sp³-hybridized carbons (Fsp3) is 0.588. The first-order valence-corrected chi connectivity index (χ1v) is 12.3. The number of nitrogens with zero attached hydrogens (tertiary/aromatic N) is 2. The van der Waals surface area contributed by atoms with Crippen molar-refractivity contribution in [2.75, 3.05) is 17.3 Å². The molecule has 1 saturated heterocycles. The number of thiophene rings is 1. The molecule has 1 fully saturated rings. The summed E-state index contributed by atoms with van der Waals surface area (Å²) in [6, 6.07) is 0. The molecule has 4 rings (SSSR count). The number of fused-ring (bicyclic) bond motifs is 3. The highest BCUT2D eigenvalue weighted by Crippen LogP contribution is 2.40. The molecule has 1 aliphatic heterocycles. The SMILES string of the molecule is Cc1nc(SCC(=O)N[C@]2(C)CCS(=O)(=O)C2)c2c3c(sc2n1)CCC3. The quantitative estimate of drug-likeness (QED) is 0.613. The Labute approximate surface area is 161 Å². The van der Waals surface area contributed by atoms with Gasteiger partial charge in [-0.15, -0.1) is 11.3 Å². The lowest BCUT2D eigenvalue weighted by Gasteiger charge is -2.23. The van der Waals surface area contributed by atoms with Gasteiger partial charge in [-0.3, -0.25) is 4.79 Å². The first kappa shape index (κ1) is 18.2. The lowest BCUT2D eigenvalue weighted by atomic mass is 10.0. The van der Waals surface area contributed by atoms with Crippen molar-refractivity contribution in [1.82, 2.24) is 15.3 Å². The zero-order chi connectivity index (χ0) is 18.5. The number of thioether (sulfide) groups is 1. The van der Waals surface area contributed by atoms with Gasteiger partial charge in [-0.05, 0) is 45.1 Å². The van der Waals surface area contributed by atoms with E-state index in [1.54, 1.807) is 18.3 Å². The molecule has 0 spiro atoms. The Balaban J connectivity index is 1.50. The van der Waals surface area contributed by atoms with Gasteiger partial charge < -0.3 is 5.32 Å². The molecule has 2 aromatic rings. The Kier molecular flexibility index (Phi) is 4.51. The van der Waals surface area contributed by atoms with Crippen LogP contribution in [0.15, 0.2) is 5.03 Å². The molecule has 0 aromatic carbocycles. The highest BCUT2D eigenvalue weighted by Gasteiger charge is 2.39. The number of rotatable bonds is 4. The van der Waals surface area contributed by atoms with E-state index in [9.17, 15) is 13.2 Å². The van der Waals surface area contributed by atoms with Crippen molar-refractivity contribution in [2.45, 2.75) is 50.1 Å². The standard InChI is InChI=1S/C17H21N3O3S3/c1-10-18-15(14-11-4-3-5-12(11)25-16(14)19-10)24-8-13(21)20-17(2)6-7-26(22,23)9-17/h3-9H2,1-2H3,(H,20,21)/t17-/m1/s1. The van der Waals surface area contributed by atoms with E-state index in [4.69, 9.17) is 0 Å². The van der Waals surface area contributed by atoms with Crippen LogP contribution in [0.25, 0.3) is 10.2 Å². The monoisotopic (exact) mass is 411 g/mol. The third-order valence-corrected chi connectivity index (χ3v) is 8.99. The number of amides is 1. The molecule has 0 saturated carbocycles. The molecule has 2 aromatic heterocycles. The maximum Gasteiger partial charge on any atom is 0.230 e. The van der Waals surface area contributed by atoms with Crippen LogP contribution in [0.4, 0.5) is 0 Å². The van der Waals surface area contributed by atoms with E-state index in [1.165, 1.54) is 28.6 Å². The molecule has 6 nitrogen and oxygen atoms in total. The molecule has 9 heteroatoms. The van der Waals surface area contributed by atoms with Gasteiger partial charge in [0.25, 0.3) is 0 Å². The summed E-state index contributed by atoms with van der Waals surface area (Å²) in [5.41, 5.74) is 0.693. The van der Waals surface area contributed by atoms with Gasteiger partial charge in [-0.1, -0.05) is 11.8 Å². The molecule has 0 bridgehead atoms. The average molecular weight is 412 g/mol. The molecule has 3 heterocycles. The van der Waals surface area contributed by atoms with Gasteiger partial charge in [0.2, 0.25) is 5.91 Å². The molecule has 2 aliphatic rings. The normalized spacial score (nSPS) is 24.1. The third-order valence-electron chi connectivity index (χ3n) is 4.93. The van der Waals surface area contributed by atoms with Crippen molar-refractivity contribution in [3.8, 4) is 0 Å². The van der Waals surface area contributed by atoms with Crippen LogP contribution in [-0.2, 0) is 27.5 Å². The molecule has 26 heavy (non-hydrogen) atoms. The predicted octanol–water partition coefficient (Wildman–Crippen LogP) is 2.27. The number of nitrogens with one attached hydrogen (secondary N) is 1. The van der Waals surface area contributed by atoms with Crippen molar-refractivity contribution < 1.29 is 13.2 Å². The van der Waals surface area contributed by atoms with Crippen molar-refractivity contribution in [3.63, 3.8) is 0 Å². The van der Waals surface area contributed by atoms with Crippen LogP contribution in [-0.4, -0.2) is 47.1 Å². The molecule has 1 N–H and O–H groups in total. The Morgan fingerprint density at radius 1 is 1.35 bits per heavy atom. The maximum atomic E-state index is 12.4. The first-order chi connectivity index (χ1) is 12.2. The molecule has 1 aliphatic carbocycles. The van der Waals surface area contributed by atoms with E-state index < -0.39 is 15.4 Å². The Bertz CT molecular complexity index is 1000. The first-order valence-electron chi connectivity index (χ1n) is 8.68. The zero-order valence-electron chi connectivity index (χ0n) is 14.8. The highest BCUT2D eigenvalue weighted by molar-refractivity contribution is 8.00. The molecule has 1 amide bonds. The summed E-state index contributed by atoms with van der Waals surface area (Å²) in [6.45, 7) is 3.68. The van der Waals surface area contributed by atoms with Crippen LogP contribution < -0.4 is 5.32 Å². The van der Waals surface area contributed by atoms with Crippen LogP contribution in [0.3, 0.4) is 0 Å². The predicted molar refractivity (Wildman–Crippen MR) is 105 cm³/mol. The van der Waals surface area contributed by atoms with Gasteiger partial charge in [0.15, 0.2) is 9.84 Å². The summed E-state index contributed by atoms with van der Waals surface area (Å²) in [5, 5.41) is 4.89. The highest BCUT2D eigenvalue weighted by atomic mass is 32.2. The van der Waals surface area contributed by atoms with Crippen molar-refractivity contribution >= 4 is 49.1 Å². The van der Waals surface area contributed by atoms with Crippen LogP contribution in [0, 0.1) is 6.92 Å². The number of carbonyl (C=O) groups is 1. The van der Waals surface area contributed by atoms with E-state index in [-0.39, 0.29) is 23.2 Å². The van der Waals surface area contributed by atoms with Gasteiger partial charge in [0, 0.05) is 10.3 Å². The van der Waals surface area contributed by atoms with Crippen LogP contribution in [0.1, 0.15) is 36.0 Å². The van der Waals surface area contributed by atoms with E-state index >= 15 is 0 Å². The van der Waals surface area contributed by atoms with Gasteiger partial charge in [0.1, 0.15) is 15.7 Å². The number of hydrogen-bond donors (Lipinski definition) is 1. The largest absolute Gasteiger partial charge is 0.349 e. The lowest BCUT2D eigenvalue weighted by molar-refractivity contribution is -0.120. The zero-order valence-corrected chi connectivity index (χ0v) is 17.2. The minimum atomic E-state index is -3.04. The van der Waals surface area contributed by atoms with Gasteiger partial charge in [0.05, 0.1) is 22.8 Å². The van der Waals surface area contributed by atoms with E-state index in [0.717, 1.165) is 28.1 Å². The Morgan fingerprint density at radius 2 is 2.15 bits per heavy atom. The summed E-state index contributed by atoms with van der Waals surface area (Å²) in [7, 11) is -3.04. The summed E-state index contributed by atoms with van der Waals surface area (Å²) >= 11 is 3.16. The van der Waals surface area contributed by atoms with Crippen LogP contribution in [0.5, 0.6) is 0 Å².